The zero-order valence-corrected chi connectivity index (χ0v) is 20.8. The van der Waals surface area contributed by atoms with E-state index in [0.29, 0.717) is 31.2 Å². The maximum Gasteiger partial charge on any atom is 0.324 e. The average Bonchev–Trinajstić information content (AvgIpc) is 3.55. The standard InChI is InChI=1S/C25H33ClN2O4S/c1-2-32-25(31)22-24(33-15-27-22)23(30)20-7-5-11-28(20)21(29)8-4-3-6-16-12-17-9-10-19(26)14-18(17)13-16/h9-10,14,16,20,22,24,27H,2-8,11-13,15H2,1H3/t16?,20-,22-,24?/m0/s1. The minimum absolute atomic E-state index is 0.0173. The second-order valence-corrected chi connectivity index (χ2v) is 10.8. The van der Waals surface area contributed by atoms with Gasteiger partial charge in [0.15, 0.2) is 5.78 Å². The number of carbonyl (C=O) groups excluding carboxylic acids is 3. The Morgan fingerprint density at radius 1 is 1.21 bits per heavy atom. The molecule has 1 aromatic rings. The molecule has 1 aromatic carbocycles. The topological polar surface area (TPSA) is 75.7 Å². The van der Waals surface area contributed by atoms with Crippen molar-refractivity contribution < 1.29 is 19.1 Å². The van der Waals surface area contributed by atoms with Crippen LogP contribution in [-0.4, -0.2) is 58.9 Å². The fourth-order valence-corrected chi connectivity index (χ4v) is 6.77. The number of amides is 1. The molecule has 4 rings (SSSR count). The van der Waals surface area contributed by atoms with Crippen LogP contribution in [0.25, 0.3) is 0 Å². The maximum absolute atomic E-state index is 13.2. The van der Waals surface area contributed by atoms with E-state index in [2.05, 4.69) is 17.4 Å². The summed E-state index contributed by atoms with van der Waals surface area (Å²) in [5, 5.41) is 3.39. The second kappa shape index (κ2) is 11.2. The summed E-state index contributed by atoms with van der Waals surface area (Å²) < 4.78 is 5.12. The Labute approximate surface area is 205 Å². The van der Waals surface area contributed by atoms with E-state index in [4.69, 9.17) is 16.3 Å². The summed E-state index contributed by atoms with van der Waals surface area (Å²) in [7, 11) is 0. The van der Waals surface area contributed by atoms with Gasteiger partial charge >= 0.3 is 5.97 Å². The summed E-state index contributed by atoms with van der Waals surface area (Å²) >= 11 is 7.55. The van der Waals surface area contributed by atoms with E-state index >= 15 is 0 Å². The van der Waals surface area contributed by atoms with Crippen LogP contribution in [0, 0.1) is 5.92 Å². The molecule has 2 saturated heterocycles. The molecule has 3 aliphatic rings. The molecule has 2 aliphatic heterocycles. The first kappa shape index (κ1) is 24.6. The molecule has 1 N–H and O–H groups in total. The number of esters is 1. The van der Waals surface area contributed by atoms with Gasteiger partial charge in [-0.3, -0.25) is 19.7 Å². The molecule has 0 radical (unpaired) electrons. The van der Waals surface area contributed by atoms with Gasteiger partial charge in [-0.2, -0.15) is 0 Å². The highest BCUT2D eigenvalue weighted by atomic mass is 35.5. The SMILES string of the molecule is CCOC(=O)[C@H]1NCSC1C(=O)[C@@H]1CCCN1C(=O)CCCCC1Cc2ccc(Cl)cc2C1. The van der Waals surface area contributed by atoms with Crippen LogP contribution in [0.4, 0.5) is 0 Å². The number of Topliss-reactive ketones (excluding diaryl/α,β-unsaturated/α-hetero) is 1. The number of nitrogens with one attached hydrogen (secondary N) is 1. The molecule has 8 heteroatoms. The van der Waals surface area contributed by atoms with Gasteiger partial charge in [-0.15, -0.1) is 11.8 Å². The number of nitrogens with zero attached hydrogens (tertiary/aromatic N) is 1. The molecule has 180 valence electrons. The number of thioether (sulfide) groups is 1. The summed E-state index contributed by atoms with van der Waals surface area (Å²) in [6, 6.07) is 5.14. The van der Waals surface area contributed by atoms with Crippen LogP contribution in [0.2, 0.25) is 5.02 Å². The number of likely N-dealkylation sites (tertiary alicyclic amines) is 1. The Morgan fingerprint density at radius 2 is 2.03 bits per heavy atom. The van der Waals surface area contributed by atoms with Gasteiger partial charge in [-0.1, -0.05) is 24.1 Å². The number of ether oxygens (including phenoxy) is 1. The second-order valence-electron chi connectivity index (χ2n) is 9.25. The Morgan fingerprint density at radius 3 is 2.85 bits per heavy atom. The van der Waals surface area contributed by atoms with Crippen molar-refractivity contribution in [2.24, 2.45) is 5.92 Å². The lowest BCUT2D eigenvalue weighted by Gasteiger charge is -2.27. The maximum atomic E-state index is 13.2. The normalized spacial score (nSPS) is 26.4. The van der Waals surface area contributed by atoms with Gasteiger partial charge in [-0.05, 0) is 74.6 Å². The zero-order chi connectivity index (χ0) is 23.4. The minimum atomic E-state index is -0.620. The Bertz CT molecular complexity index is 895. The van der Waals surface area contributed by atoms with Crippen molar-refractivity contribution in [1.82, 2.24) is 10.2 Å². The van der Waals surface area contributed by atoms with Crippen LogP contribution in [-0.2, 0) is 32.0 Å². The third-order valence-electron chi connectivity index (χ3n) is 7.03. The molecule has 33 heavy (non-hydrogen) atoms. The van der Waals surface area contributed by atoms with Crippen molar-refractivity contribution in [3.8, 4) is 0 Å². The molecule has 1 amide bonds. The van der Waals surface area contributed by atoms with E-state index in [0.717, 1.165) is 43.5 Å². The number of benzene rings is 1. The van der Waals surface area contributed by atoms with Crippen molar-refractivity contribution in [2.75, 3.05) is 19.0 Å². The monoisotopic (exact) mass is 492 g/mol. The van der Waals surface area contributed by atoms with Crippen LogP contribution in [0.1, 0.15) is 56.6 Å². The number of halogens is 1. The number of unbranched alkanes of at least 4 members (excludes halogenated alkanes) is 1. The molecule has 2 heterocycles. The predicted molar refractivity (Wildman–Crippen MR) is 130 cm³/mol. The third kappa shape index (κ3) is 5.75. The molecule has 0 bridgehead atoms. The fraction of sp³-hybridized carbons (Fsp3) is 0.640. The highest BCUT2D eigenvalue weighted by Gasteiger charge is 2.45. The molecule has 4 atom stereocenters. The van der Waals surface area contributed by atoms with Gasteiger partial charge in [-0.25, -0.2) is 0 Å². The molecule has 2 fully saturated rings. The smallest absolute Gasteiger partial charge is 0.324 e. The number of fused-ring (bicyclic) bond motifs is 1. The van der Waals surface area contributed by atoms with E-state index in [-0.39, 0.29) is 24.3 Å². The van der Waals surface area contributed by atoms with Gasteiger partial charge < -0.3 is 9.64 Å². The molecule has 0 spiro atoms. The van der Waals surface area contributed by atoms with Crippen molar-refractivity contribution in [1.29, 1.82) is 0 Å². The molecular formula is C25H33ClN2O4S. The average molecular weight is 493 g/mol. The minimum Gasteiger partial charge on any atom is -0.465 e. The van der Waals surface area contributed by atoms with Crippen LogP contribution in [0.15, 0.2) is 18.2 Å². The molecular weight excluding hydrogens is 460 g/mol. The first-order chi connectivity index (χ1) is 16.0. The first-order valence-electron chi connectivity index (χ1n) is 12.1. The predicted octanol–water partition coefficient (Wildman–Crippen LogP) is 3.77. The summed E-state index contributed by atoms with van der Waals surface area (Å²) in [5.74, 6) is 0.833. The fourth-order valence-electron chi connectivity index (χ4n) is 5.40. The number of hydrogen-bond donors (Lipinski definition) is 1. The van der Waals surface area contributed by atoms with Gasteiger partial charge in [0.2, 0.25) is 5.91 Å². The Hall–Kier alpha value is -1.57. The summed E-state index contributed by atoms with van der Waals surface area (Å²) in [6.45, 7) is 2.68. The lowest BCUT2D eigenvalue weighted by Crippen LogP contribution is -2.50. The van der Waals surface area contributed by atoms with Crippen LogP contribution in [0.3, 0.4) is 0 Å². The van der Waals surface area contributed by atoms with Crippen LogP contribution < -0.4 is 5.32 Å². The molecule has 0 saturated carbocycles. The Kier molecular flexibility index (Phi) is 8.36. The van der Waals surface area contributed by atoms with E-state index in [1.807, 2.05) is 6.07 Å². The van der Waals surface area contributed by atoms with Gasteiger partial charge in [0.1, 0.15) is 6.04 Å². The van der Waals surface area contributed by atoms with Crippen molar-refractivity contribution >= 4 is 41.0 Å². The summed E-state index contributed by atoms with van der Waals surface area (Å²) in [4.78, 5) is 40.2. The highest BCUT2D eigenvalue weighted by Crippen LogP contribution is 2.32. The molecule has 2 unspecified atom stereocenters. The lowest BCUT2D eigenvalue weighted by molar-refractivity contribution is -0.147. The highest BCUT2D eigenvalue weighted by molar-refractivity contribution is 8.00. The number of rotatable bonds is 9. The van der Waals surface area contributed by atoms with Crippen molar-refractivity contribution in [3.05, 3.63) is 34.3 Å². The van der Waals surface area contributed by atoms with E-state index in [1.54, 1.807) is 11.8 Å². The number of hydrogen-bond acceptors (Lipinski definition) is 6. The van der Waals surface area contributed by atoms with Gasteiger partial charge in [0, 0.05) is 23.9 Å². The summed E-state index contributed by atoms with van der Waals surface area (Å²) in [5.41, 5.74) is 2.77. The number of carbonyl (C=O) groups is 3. The lowest BCUT2D eigenvalue weighted by atomic mass is 9.98. The quantitative estimate of drug-likeness (QED) is 0.418. The number of ketones is 1. The first-order valence-corrected chi connectivity index (χ1v) is 13.5. The van der Waals surface area contributed by atoms with E-state index < -0.39 is 17.3 Å². The van der Waals surface area contributed by atoms with E-state index in [9.17, 15) is 14.4 Å². The van der Waals surface area contributed by atoms with Crippen LogP contribution in [0.5, 0.6) is 0 Å². The third-order valence-corrected chi connectivity index (χ3v) is 8.46. The van der Waals surface area contributed by atoms with E-state index in [1.165, 1.54) is 22.9 Å². The molecule has 6 nitrogen and oxygen atoms in total. The van der Waals surface area contributed by atoms with Crippen molar-refractivity contribution in [2.45, 2.75) is 75.6 Å². The van der Waals surface area contributed by atoms with Crippen LogP contribution >= 0.6 is 23.4 Å². The van der Waals surface area contributed by atoms with Gasteiger partial charge in [0.25, 0.3) is 0 Å². The Balaban J connectivity index is 1.23. The van der Waals surface area contributed by atoms with Crippen molar-refractivity contribution in [3.63, 3.8) is 0 Å². The summed E-state index contributed by atoms with van der Waals surface area (Å²) in [6.07, 6.45) is 7.12. The largest absolute Gasteiger partial charge is 0.465 e. The molecule has 0 aromatic heterocycles. The van der Waals surface area contributed by atoms with Gasteiger partial charge in [0.05, 0.1) is 17.9 Å². The molecule has 1 aliphatic carbocycles. The zero-order valence-electron chi connectivity index (χ0n) is 19.2.